The van der Waals surface area contributed by atoms with Crippen LogP contribution >= 0.6 is 13.3 Å². The SMILES string of the molecule is [Se-][P+]1(Oc2ccc3ccccc3c2-c2c(O[P+]3([Se-])Oc4ccc5ccccc5c4-c4c(ccc5ccccc45)O3)ccc3ccccc23)Oc2ccc3ccccc3c2-c2c(ccc3ccccc23)O1. The summed E-state index contributed by atoms with van der Waals surface area (Å²) in [5.74, 6) is 3.73. The van der Waals surface area contributed by atoms with E-state index < -0.39 is 13.3 Å². The van der Waals surface area contributed by atoms with Crippen LogP contribution in [0, 0.1) is 0 Å². The van der Waals surface area contributed by atoms with Gasteiger partial charge in [0.1, 0.15) is 0 Å². The van der Waals surface area contributed by atoms with Crippen LogP contribution in [0.2, 0.25) is 0 Å². The predicted octanol–water partition coefficient (Wildman–Crippen LogP) is 17.0. The van der Waals surface area contributed by atoms with Gasteiger partial charge in [-0.1, -0.05) is 0 Å². The molecule has 12 aromatic carbocycles. The van der Waals surface area contributed by atoms with E-state index in [1.807, 2.05) is 60.7 Å². The Morgan fingerprint density at radius 2 is 0.457 bits per heavy atom. The van der Waals surface area contributed by atoms with E-state index in [-0.39, 0.29) is 0 Å². The Kier molecular flexibility index (Phi) is 9.70. The van der Waals surface area contributed by atoms with E-state index in [1.165, 1.54) is 0 Å². The van der Waals surface area contributed by atoms with Gasteiger partial charge in [0.25, 0.3) is 0 Å². The van der Waals surface area contributed by atoms with Crippen molar-refractivity contribution in [3.05, 3.63) is 218 Å². The molecule has 0 N–H and O–H groups in total. The second-order valence-corrected chi connectivity index (χ2v) is 25.9. The van der Waals surface area contributed by atoms with Gasteiger partial charge in [0, 0.05) is 0 Å². The molecule has 0 bridgehead atoms. The van der Waals surface area contributed by atoms with Crippen LogP contribution in [0.4, 0.5) is 0 Å². The van der Waals surface area contributed by atoms with Crippen LogP contribution in [0.15, 0.2) is 218 Å². The number of hydrogen-bond acceptors (Lipinski definition) is 6. The number of fused-ring (bicyclic) bond motifs is 16. The van der Waals surface area contributed by atoms with Gasteiger partial charge in [0.15, 0.2) is 0 Å². The number of benzene rings is 12. The molecule has 14 rings (SSSR count). The third-order valence-electron chi connectivity index (χ3n) is 13.4. The summed E-state index contributed by atoms with van der Waals surface area (Å²) in [5, 5.41) is 12.5. The summed E-state index contributed by atoms with van der Waals surface area (Å²) in [4.78, 5) is 0. The molecule has 2 heterocycles. The van der Waals surface area contributed by atoms with Crippen LogP contribution in [-0.4, -0.2) is 31.1 Å². The van der Waals surface area contributed by atoms with E-state index >= 15 is 0 Å². The summed E-state index contributed by atoms with van der Waals surface area (Å²) in [7, 11) is 0. The Bertz CT molecular complexity index is 3720. The van der Waals surface area contributed by atoms with Gasteiger partial charge in [-0.25, -0.2) is 0 Å². The van der Waals surface area contributed by atoms with Crippen LogP contribution in [0.25, 0.3) is 98.0 Å². The van der Waals surface area contributed by atoms with E-state index in [2.05, 4.69) is 189 Å². The quantitative estimate of drug-likeness (QED) is 0.126. The van der Waals surface area contributed by atoms with Crippen molar-refractivity contribution in [2.45, 2.75) is 0 Å². The van der Waals surface area contributed by atoms with E-state index in [9.17, 15) is 0 Å². The summed E-state index contributed by atoms with van der Waals surface area (Å²) < 4.78 is 43.2. The molecule has 0 atom stereocenters. The molecule has 0 unspecified atom stereocenters. The molecule has 70 heavy (non-hydrogen) atoms. The van der Waals surface area contributed by atoms with Crippen molar-refractivity contribution in [1.29, 1.82) is 0 Å². The van der Waals surface area contributed by atoms with Gasteiger partial charge in [0.05, 0.1) is 0 Å². The van der Waals surface area contributed by atoms with E-state index in [4.69, 9.17) is 27.1 Å². The van der Waals surface area contributed by atoms with E-state index in [0.29, 0.717) is 34.5 Å². The van der Waals surface area contributed by atoms with Crippen molar-refractivity contribution in [3.8, 4) is 67.9 Å². The first kappa shape index (κ1) is 41.8. The summed E-state index contributed by atoms with van der Waals surface area (Å²) >= 11 is 6.67. The Morgan fingerprint density at radius 1 is 0.243 bits per heavy atom. The number of rotatable bonds is 5. The van der Waals surface area contributed by atoms with Crippen LogP contribution in [0.1, 0.15) is 0 Å². The Hall–Kier alpha value is -7.10. The first-order valence-corrected chi connectivity index (χ1v) is 30.4. The van der Waals surface area contributed by atoms with Gasteiger partial charge in [-0.05, 0) is 0 Å². The van der Waals surface area contributed by atoms with Gasteiger partial charge in [-0.3, -0.25) is 0 Å². The fourth-order valence-electron chi connectivity index (χ4n) is 10.3. The van der Waals surface area contributed by atoms with Gasteiger partial charge < -0.3 is 0 Å². The molecule has 0 radical (unpaired) electrons. The molecule has 12 aromatic rings. The van der Waals surface area contributed by atoms with Crippen LogP contribution < -0.4 is 27.1 Å². The molecular formula is C60H36O6P2Se2. The molecule has 2 aliphatic heterocycles. The molecule has 0 saturated carbocycles. The number of hydrogen-bond donors (Lipinski definition) is 0. The molecule has 2 aliphatic rings. The fourth-order valence-corrected chi connectivity index (χ4v) is 16.0. The molecular weight excluding hydrogens is 1040 g/mol. The Labute approximate surface area is 419 Å². The normalized spacial score (nSPS) is 14.3. The topological polar surface area (TPSA) is 55.4 Å². The molecule has 0 spiro atoms. The van der Waals surface area contributed by atoms with Gasteiger partial charge in [-0.2, -0.15) is 0 Å². The Balaban J connectivity index is 0.958. The molecule has 0 fully saturated rings. The molecule has 0 saturated heterocycles. The molecule has 0 aromatic heterocycles. The molecule has 334 valence electrons. The van der Waals surface area contributed by atoms with Gasteiger partial charge in [-0.15, -0.1) is 0 Å². The zero-order chi connectivity index (χ0) is 46.6. The zero-order valence-corrected chi connectivity index (χ0v) is 42.2. The van der Waals surface area contributed by atoms with E-state index in [0.717, 1.165) is 98.0 Å². The van der Waals surface area contributed by atoms with Crippen LogP contribution in [-0.2, 0) is 0 Å². The van der Waals surface area contributed by atoms with Crippen molar-refractivity contribution in [2.24, 2.45) is 0 Å². The second-order valence-electron chi connectivity index (χ2n) is 17.4. The zero-order valence-electron chi connectivity index (χ0n) is 36.9. The maximum atomic E-state index is 7.36. The minimum atomic E-state index is -3.43. The fraction of sp³-hybridized carbons (Fsp3) is 0. The first-order chi connectivity index (χ1) is 34.4. The summed E-state index contributed by atoms with van der Waals surface area (Å²) in [6.07, 6.45) is 0. The van der Waals surface area contributed by atoms with Crippen molar-refractivity contribution >= 4 is 109 Å². The second kappa shape index (κ2) is 16.2. The third-order valence-corrected chi connectivity index (χ3v) is 18.7. The van der Waals surface area contributed by atoms with Crippen molar-refractivity contribution in [2.75, 3.05) is 0 Å². The minimum absolute atomic E-state index is 0.544. The first-order valence-electron chi connectivity index (χ1n) is 22.9. The molecule has 0 amide bonds. The monoisotopic (exact) mass is 1070 g/mol. The average molecular weight is 1070 g/mol. The van der Waals surface area contributed by atoms with Crippen molar-refractivity contribution < 1.29 is 27.1 Å². The average Bonchev–Trinajstić information content (AvgIpc) is 3.61. The molecule has 6 nitrogen and oxygen atoms in total. The standard InChI is InChI=1S/C60H36O6P2Se2/c69-67(61-49-31-25-37-13-1-7-19-43(37)55(49)56-44-20-8-2-14-38(44)26-32-50(56)62-67)65-53-35-29-41-17-5-11-23-47(41)59(53)60-48-24-12-6-18-42(48)30-36-54(60)66-68(70)63-51-33-27-39-15-3-9-21-45(39)57(51)58-46-22-10-4-16-40(46)28-34-52(58)64-68/h1-36H. The molecule has 10 heteroatoms. The van der Waals surface area contributed by atoms with Crippen molar-refractivity contribution in [3.63, 3.8) is 0 Å². The van der Waals surface area contributed by atoms with Crippen LogP contribution in [0.5, 0.6) is 34.5 Å². The predicted molar refractivity (Wildman–Crippen MR) is 290 cm³/mol. The summed E-state index contributed by atoms with van der Waals surface area (Å²) in [6.45, 7) is -6.86. The Morgan fingerprint density at radius 3 is 0.714 bits per heavy atom. The van der Waals surface area contributed by atoms with Crippen molar-refractivity contribution in [1.82, 2.24) is 0 Å². The maximum absolute atomic E-state index is 7.36. The summed E-state index contributed by atoms with van der Waals surface area (Å²) in [5.41, 5.74) is 5.41. The summed E-state index contributed by atoms with van der Waals surface area (Å²) in [6, 6.07) is 74.9. The van der Waals surface area contributed by atoms with Crippen LogP contribution in [0.3, 0.4) is 0 Å². The van der Waals surface area contributed by atoms with E-state index in [1.54, 1.807) is 0 Å². The van der Waals surface area contributed by atoms with Gasteiger partial charge in [0.2, 0.25) is 0 Å². The van der Waals surface area contributed by atoms with Gasteiger partial charge >= 0.3 is 422 Å². The third kappa shape index (κ3) is 6.83. The molecule has 0 aliphatic carbocycles.